The summed E-state index contributed by atoms with van der Waals surface area (Å²) < 4.78 is 42.1. The highest BCUT2D eigenvalue weighted by molar-refractivity contribution is 7.52. The number of nitrogens with one attached hydrogen (secondary N) is 2. The van der Waals surface area contributed by atoms with Gasteiger partial charge in [0, 0.05) is 11.8 Å². The Morgan fingerprint density at radius 1 is 1.31 bits per heavy atom. The second-order valence-corrected chi connectivity index (χ2v) is 10.1. The molecule has 1 fully saturated rings. The van der Waals surface area contributed by atoms with Crippen LogP contribution in [-0.2, 0) is 28.1 Å². The van der Waals surface area contributed by atoms with E-state index < -0.39 is 43.5 Å². The zero-order valence-corrected chi connectivity index (χ0v) is 21.2. The van der Waals surface area contributed by atoms with Gasteiger partial charge in [0.05, 0.1) is 17.7 Å². The van der Waals surface area contributed by atoms with Crippen molar-refractivity contribution in [3.63, 3.8) is 0 Å². The van der Waals surface area contributed by atoms with E-state index in [4.69, 9.17) is 34.9 Å². The topological polar surface area (TPSA) is 147 Å². The number of carbonyl (C=O) groups excluding carboxylic acids is 1. The van der Waals surface area contributed by atoms with E-state index in [1.807, 2.05) is 0 Å². The molecule has 2 heterocycles. The maximum Gasteiger partial charge on any atom is 0.459 e. The van der Waals surface area contributed by atoms with Gasteiger partial charge in [-0.15, -0.1) is 0 Å². The Balaban J connectivity index is 1.72. The van der Waals surface area contributed by atoms with Gasteiger partial charge in [0.15, 0.2) is 12.5 Å². The number of aromatic nitrogens is 2. The number of hydrogen-bond donors (Lipinski definition) is 2. The van der Waals surface area contributed by atoms with Crippen LogP contribution in [0.3, 0.4) is 0 Å². The third kappa shape index (κ3) is 7.26. The van der Waals surface area contributed by atoms with E-state index in [0.29, 0.717) is 5.56 Å². The fourth-order valence-electron chi connectivity index (χ4n) is 3.00. The number of hydrogen-bond acceptors (Lipinski definition) is 9. The summed E-state index contributed by atoms with van der Waals surface area (Å²) in [4.78, 5) is 38.1. The average molecular weight is 532 g/mol. The van der Waals surface area contributed by atoms with Gasteiger partial charge in [-0.05, 0) is 39.8 Å². The lowest BCUT2D eigenvalue weighted by Gasteiger charge is -2.24. The third-order valence-electron chi connectivity index (χ3n) is 4.68. The minimum Gasteiger partial charge on any atom is -0.462 e. The summed E-state index contributed by atoms with van der Waals surface area (Å²) in [6.07, 6.45) is -0.896. The van der Waals surface area contributed by atoms with Crippen LogP contribution >= 0.6 is 19.3 Å². The van der Waals surface area contributed by atoms with Gasteiger partial charge in [-0.2, -0.15) is 5.09 Å². The second-order valence-electron chi connectivity index (χ2n) is 7.98. The van der Waals surface area contributed by atoms with Gasteiger partial charge in [-0.25, -0.2) is 9.36 Å². The first-order chi connectivity index (χ1) is 16.5. The molecule has 0 spiro atoms. The largest absolute Gasteiger partial charge is 0.462 e. The molecule has 192 valence electrons. The molecule has 1 aliphatic heterocycles. The fourth-order valence-corrected chi connectivity index (χ4v) is 4.72. The summed E-state index contributed by atoms with van der Waals surface area (Å²) in [5.74, 6) is -0.594. The van der Waals surface area contributed by atoms with E-state index in [0.717, 1.165) is 0 Å². The maximum absolute atomic E-state index is 13.6. The number of carbonyl (C=O) groups is 1. The number of halogens is 1. The molecule has 0 saturated carbocycles. The van der Waals surface area contributed by atoms with Crippen LogP contribution in [0.25, 0.3) is 0 Å². The predicted molar refractivity (Wildman–Crippen MR) is 125 cm³/mol. The van der Waals surface area contributed by atoms with Crippen molar-refractivity contribution in [1.29, 1.82) is 0 Å². The summed E-state index contributed by atoms with van der Waals surface area (Å²) in [6.45, 7) is 5.95. The summed E-state index contributed by atoms with van der Waals surface area (Å²) in [6, 6.07) is 5.26. The molecule has 2 N–H and O–H groups in total. The molecule has 1 aromatic carbocycles. The number of benzene rings is 1. The van der Waals surface area contributed by atoms with Crippen molar-refractivity contribution in [2.24, 2.45) is 0 Å². The number of rotatable bonds is 10. The molecule has 12 nitrogen and oxygen atoms in total. The van der Waals surface area contributed by atoms with E-state index in [9.17, 15) is 18.9 Å². The molecular formula is C21H27ClN3O9P. The van der Waals surface area contributed by atoms with Crippen LogP contribution in [0, 0.1) is 6.92 Å². The van der Waals surface area contributed by atoms with Crippen LogP contribution in [0.5, 0.6) is 5.75 Å². The number of nitrogens with zero attached hydrogens (tertiary/aromatic N) is 1. The molecule has 4 atom stereocenters. The normalized spacial score (nSPS) is 20.4. The first kappa shape index (κ1) is 27.1. The Hall–Kier alpha value is -2.47. The molecule has 1 aliphatic rings. The maximum atomic E-state index is 13.6. The number of ether oxygens (including phenoxy) is 3. The number of H-pyrrole nitrogens is 1. The smallest absolute Gasteiger partial charge is 0.459 e. The summed E-state index contributed by atoms with van der Waals surface area (Å²) in [7, 11) is -4.20. The van der Waals surface area contributed by atoms with Gasteiger partial charge in [-0.1, -0.05) is 23.7 Å². The van der Waals surface area contributed by atoms with Gasteiger partial charge in [0.25, 0.3) is 5.56 Å². The van der Waals surface area contributed by atoms with Crippen LogP contribution in [0.4, 0.5) is 0 Å². The second kappa shape index (κ2) is 11.5. The number of para-hydroxylation sites is 1. The van der Waals surface area contributed by atoms with Crippen LogP contribution < -0.4 is 20.9 Å². The van der Waals surface area contributed by atoms with Crippen molar-refractivity contribution in [2.75, 3.05) is 13.2 Å². The van der Waals surface area contributed by atoms with Crippen molar-refractivity contribution >= 4 is 25.3 Å². The Labute approximate surface area is 206 Å². The lowest BCUT2D eigenvalue weighted by atomic mass is 10.3. The minimum atomic E-state index is -4.20. The van der Waals surface area contributed by atoms with Gasteiger partial charge >= 0.3 is 19.4 Å². The summed E-state index contributed by atoms with van der Waals surface area (Å²) in [5.41, 5.74) is -0.849. The quantitative estimate of drug-likeness (QED) is 0.346. The van der Waals surface area contributed by atoms with Crippen LogP contribution in [-0.4, -0.2) is 47.2 Å². The molecular weight excluding hydrogens is 505 g/mol. The highest BCUT2D eigenvalue weighted by Crippen LogP contribution is 2.47. The van der Waals surface area contributed by atoms with Gasteiger partial charge in [0.2, 0.25) is 0 Å². The molecule has 1 saturated heterocycles. The number of aryl methyl sites for hydroxylation is 1. The fraction of sp³-hybridized carbons (Fsp3) is 0.476. The third-order valence-corrected chi connectivity index (χ3v) is 6.62. The van der Waals surface area contributed by atoms with Crippen LogP contribution in [0.15, 0.2) is 40.1 Å². The standard InChI is InChI=1S/C21H27ClN3O9P/c1-12(2)32-20(27)14(4)24-35(29,34-16-8-6-5-7-15(16)22)31-11-18-30-10-17(33-18)25-9-13(3)19(26)23-21(25)28/h5-9,12,14,17-18H,10-11H2,1-4H3,(H,24,29)(H,23,26,28)/t14-,17+,18+,35?/m0/s1. The van der Waals surface area contributed by atoms with Gasteiger partial charge in [0.1, 0.15) is 18.4 Å². The Kier molecular flexibility index (Phi) is 8.92. The molecule has 0 radical (unpaired) electrons. The lowest BCUT2D eigenvalue weighted by molar-refractivity contribution is -0.149. The molecule has 1 unspecified atom stereocenters. The van der Waals surface area contributed by atoms with Crippen LogP contribution in [0.2, 0.25) is 5.02 Å². The molecule has 35 heavy (non-hydrogen) atoms. The van der Waals surface area contributed by atoms with Gasteiger partial charge < -0.3 is 18.7 Å². The molecule has 14 heteroatoms. The highest BCUT2D eigenvalue weighted by atomic mass is 35.5. The Bertz CT molecular complexity index is 1220. The molecule has 0 aliphatic carbocycles. The van der Waals surface area contributed by atoms with Crippen molar-refractivity contribution in [2.45, 2.75) is 52.4 Å². The lowest BCUT2D eigenvalue weighted by Crippen LogP contribution is -2.37. The van der Waals surface area contributed by atoms with E-state index in [1.54, 1.807) is 32.9 Å². The minimum absolute atomic E-state index is 0.0281. The van der Waals surface area contributed by atoms with Crippen molar-refractivity contribution in [1.82, 2.24) is 14.6 Å². The summed E-state index contributed by atoms with van der Waals surface area (Å²) in [5, 5.41) is 2.71. The SMILES string of the molecule is Cc1cn([C@H]2CO[C@@H](COP(=O)(N[C@@H](C)C(=O)OC(C)C)Oc3ccccc3Cl)O2)c(=O)[nH]c1=O. The molecule has 3 rings (SSSR count). The average Bonchev–Trinajstić information content (AvgIpc) is 3.25. The zero-order chi connectivity index (χ0) is 25.8. The van der Waals surface area contributed by atoms with E-state index >= 15 is 0 Å². The van der Waals surface area contributed by atoms with Crippen LogP contribution in [0.1, 0.15) is 32.6 Å². The van der Waals surface area contributed by atoms with Gasteiger partial charge in [-0.3, -0.25) is 23.7 Å². The highest BCUT2D eigenvalue weighted by Gasteiger charge is 2.36. The van der Waals surface area contributed by atoms with E-state index in [2.05, 4.69) is 10.1 Å². The first-order valence-corrected chi connectivity index (χ1v) is 12.7. The molecule has 0 bridgehead atoms. The van der Waals surface area contributed by atoms with E-state index in [1.165, 1.54) is 29.8 Å². The molecule has 0 amide bonds. The van der Waals surface area contributed by atoms with Crippen molar-refractivity contribution < 1.29 is 32.6 Å². The Morgan fingerprint density at radius 3 is 2.71 bits per heavy atom. The predicted octanol–water partition coefficient (Wildman–Crippen LogP) is 2.50. The molecule has 2 aromatic rings. The number of esters is 1. The molecule has 1 aromatic heterocycles. The number of aromatic amines is 1. The van der Waals surface area contributed by atoms with Crippen molar-refractivity contribution in [3.05, 3.63) is 61.9 Å². The zero-order valence-electron chi connectivity index (χ0n) is 19.6. The van der Waals surface area contributed by atoms with E-state index in [-0.39, 0.29) is 30.1 Å². The Morgan fingerprint density at radius 2 is 2.03 bits per heavy atom. The van der Waals surface area contributed by atoms with Crippen molar-refractivity contribution in [3.8, 4) is 5.75 Å². The monoisotopic (exact) mass is 531 g/mol. The first-order valence-electron chi connectivity index (χ1n) is 10.7. The summed E-state index contributed by atoms with van der Waals surface area (Å²) >= 11 is 6.12.